The van der Waals surface area contributed by atoms with Crippen molar-refractivity contribution >= 4 is 31.4 Å². The predicted molar refractivity (Wildman–Crippen MR) is 134 cm³/mol. The zero-order chi connectivity index (χ0) is 23.4. The second kappa shape index (κ2) is 8.08. The van der Waals surface area contributed by atoms with E-state index in [4.69, 9.17) is 4.74 Å². The highest BCUT2D eigenvalue weighted by atomic mass is 32.2. The number of ether oxygens (including phenoxy) is 1. The Kier molecular flexibility index (Phi) is 5.13. The van der Waals surface area contributed by atoms with E-state index in [0.717, 1.165) is 27.1 Å². The average molecular weight is 493 g/mol. The number of hydrogen-bond donors (Lipinski definition) is 0. The van der Waals surface area contributed by atoms with Gasteiger partial charge in [0, 0.05) is 40.8 Å². The first-order valence-electron chi connectivity index (χ1n) is 11.3. The topological polar surface area (TPSA) is 68.6 Å². The van der Waals surface area contributed by atoms with Crippen molar-refractivity contribution in [3.8, 4) is 16.2 Å². The number of hydrogen-bond acceptors (Lipinski definition) is 5. The van der Waals surface area contributed by atoms with Gasteiger partial charge in [0.15, 0.2) is 0 Å². The van der Waals surface area contributed by atoms with Gasteiger partial charge in [-0.15, -0.1) is 11.3 Å². The van der Waals surface area contributed by atoms with Crippen molar-refractivity contribution in [3.05, 3.63) is 82.8 Å². The molecule has 6 rings (SSSR count). The smallest absolute Gasteiger partial charge is 0.259 e. The molecule has 0 unspecified atom stereocenters. The van der Waals surface area contributed by atoms with Crippen LogP contribution in [0.5, 0.6) is 5.75 Å². The van der Waals surface area contributed by atoms with Gasteiger partial charge >= 0.3 is 0 Å². The van der Waals surface area contributed by atoms with Crippen molar-refractivity contribution < 1.29 is 13.2 Å². The van der Waals surface area contributed by atoms with E-state index in [1.54, 1.807) is 47.0 Å². The normalized spacial score (nSPS) is 20.3. The number of methoxy groups -OCH3 is 1. The molecule has 0 spiro atoms. The van der Waals surface area contributed by atoms with E-state index in [1.165, 1.54) is 0 Å². The third-order valence-corrected chi connectivity index (χ3v) is 9.95. The van der Waals surface area contributed by atoms with E-state index in [9.17, 15) is 13.2 Å². The third-order valence-electron chi connectivity index (χ3n) is 6.96. The van der Waals surface area contributed by atoms with Gasteiger partial charge in [0.2, 0.25) is 10.0 Å². The molecule has 0 radical (unpaired) electrons. The molecule has 2 aliphatic heterocycles. The number of nitrogens with zero attached hydrogens (tertiary/aromatic N) is 2. The van der Waals surface area contributed by atoms with Crippen LogP contribution in [-0.4, -0.2) is 37.5 Å². The summed E-state index contributed by atoms with van der Waals surface area (Å²) in [5.74, 6) is 0.733. The van der Waals surface area contributed by atoms with Crippen molar-refractivity contribution in [1.82, 2.24) is 8.87 Å². The summed E-state index contributed by atoms with van der Waals surface area (Å²) in [6.45, 7) is 1.34. The van der Waals surface area contributed by atoms with Crippen LogP contribution in [0.25, 0.3) is 20.5 Å². The van der Waals surface area contributed by atoms with Gasteiger partial charge < -0.3 is 9.30 Å². The van der Waals surface area contributed by atoms with Crippen LogP contribution < -0.4 is 10.3 Å². The van der Waals surface area contributed by atoms with Crippen molar-refractivity contribution in [1.29, 1.82) is 0 Å². The lowest BCUT2D eigenvalue weighted by Crippen LogP contribution is -2.49. The molecular weight excluding hydrogens is 468 g/mol. The number of fused-ring (bicyclic) bond motifs is 5. The fraction of sp³-hybridized carbons (Fsp3) is 0.269. The Morgan fingerprint density at radius 2 is 1.76 bits per heavy atom. The molecule has 4 aromatic rings. The molecular formula is C26H24N2O4S2. The fourth-order valence-electron chi connectivity index (χ4n) is 5.30. The Balaban J connectivity index is 1.33. The molecule has 0 aliphatic carbocycles. The minimum absolute atomic E-state index is 0.00433. The van der Waals surface area contributed by atoms with Crippen LogP contribution >= 0.6 is 11.3 Å². The Bertz CT molecular complexity index is 1520. The lowest BCUT2D eigenvalue weighted by Gasteiger charge is -2.42. The summed E-state index contributed by atoms with van der Waals surface area (Å²) >= 11 is 1.63. The molecule has 1 fully saturated rings. The second-order valence-electron chi connectivity index (χ2n) is 9.03. The highest BCUT2D eigenvalue weighted by Gasteiger charge is 2.39. The van der Waals surface area contributed by atoms with E-state index < -0.39 is 10.0 Å². The van der Waals surface area contributed by atoms with Gasteiger partial charge in [0.05, 0.1) is 17.6 Å². The molecule has 0 amide bonds. The largest absolute Gasteiger partial charge is 0.497 e. The number of benzene rings is 2. The lowest BCUT2D eigenvalue weighted by atomic mass is 9.84. The molecule has 8 heteroatoms. The van der Waals surface area contributed by atoms with E-state index in [0.29, 0.717) is 30.9 Å². The van der Waals surface area contributed by atoms with Gasteiger partial charge in [0.25, 0.3) is 5.56 Å². The quantitative estimate of drug-likeness (QED) is 0.419. The monoisotopic (exact) mass is 492 g/mol. The highest BCUT2D eigenvalue weighted by Crippen LogP contribution is 2.39. The third kappa shape index (κ3) is 3.48. The number of thiophene rings is 1. The summed E-state index contributed by atoms with van der Waals surface area (Å²) < 4.78 is 36.5. The Labute approximate surface area is 202 Å². The Hall–Kier alpha value is -2.94. The zero-order valence-electron chi connectivity index (χ0n) is 18.7. The van der Waals surface area contributed by atoms with E-state index in [2.05, 4.69) is 18.2 Å². The van der Waals surface area contributed by atoms with Crippen LogP contribution in [-0.2, 0) is 16.6 Å². The molecule has 2 aromatic heterocycles. The Morgan fingerprint density at radius 1 is 0.971 bits per heavy atom. The van der Waals surface area contributed by atoms with Crippen molar-refractivity contribution in [2.75, 3.05) is 20.2 Å². The molecule has 2 atom stereocenters. The molecule has 6 nitrogen and oxygen atoms in total. The molecule has 0 N–H and O–H groups in total. The first-order valence-corrected chi connectivity index (χ1v) is 13.6. The first-order chi connectivity index (χ1) is 16.4. The molecule has 1 saturated heterocycles. The summed E-state index contributed by atoms with van der Waals surface area (Å²) in [5, 5.41) is 1.14. The highest BCUT2D eigenvalue weighted by molar-refractivity contribution is 7.89. The molecule has 0 saturated carbocycles. The van der Waals surface area contributed by atoms with Gasteiger partial charge in [-0.05, 0) is 66.3 Å². The first kappa shape index (κ1) is 21.6. The SMILES string of the molecule is COc1ccc(S(=O)(=O)N2C[C@@H]3C[C@H](C2)c2ccc(-c4cc5ccccc5s4)c(=O)n2C3)cc1. The van der Waals surface area contributed by atoms with E-state index in [1.807, 2.05) is 28.8 Å². The summed E-state index contributed by atoms with van der Waals surface area (Å²) in [6, 6.07) is 20.7. The van der Waals surface area contributed by atoms with Crippen LogP contribution in [0.3, 0.4) is 0 Å². The summed E-state index contributed by atoms with van der Waals surface area (Å²) in [6.07, 6.45) is 0.899. The second-order valence-corrected chi connectivity index (χ2v) is 12.1. The fourth-order valence-corrected chi connectivity index (χ4v) is 7.94. The maximum atomic E-state index is 13.5. The maximum absolute atomic E-state index is 13.5. The van der Waals surface area contributed by atoms with Gasteiger partial charge in [-0.3, -0.25) is 4.79 Å². The van der Waals surface area contributed by atoms with Crippen molar-refractivity contribution in [2.24, 2.45) is 5.92 Å². The van der Waals surface area contributed by atoms with Crippen LogP contribution in [0.2, 0.25) is 0 Å². The number of rotatable bonds is 4. The number of piperidine rings is 1. The lowest BCUT2D eigenvalue weighted by molar-refractivity contribution is 0.186. The van der Waals surface area contributed by atoms with Gasteiger partial charge in [-0.2, -0.15) is 4.31 Å². The van der Waals surface area contributed by atoms with Crippen molar-refractivity contribution in [3.63, 3.8) is 0 Å². The molecule has 4 heterocycles. The van der Waals surface area contributed by atoms with Gasteiger partial charge in [-0.25, -0.2) is 8.42 Å². The van der Waals surface area contributed by atoms with E-state index in [-0.39, 0.29) is 22.3 Å². The summed E-state index contributed by atoms with van der Waals surface area (Å²) in [5.41, 5.74) is 1.67. The van der Waals surface area contributed by atoms with Crippen LogP contribution in [0.15, 0.2) is 76.4 Å². The van der Waals surface area contributed by atoms with Gasteiger partial charge in [-0.1, -0.05) is 18.2 Å². The standard InChI is InChI=1S/C26H24N2O4S2/c1-32-20-6-8-21(9-7-20)34(30,31)27-14-17-12-19(16-27)23-11-10-22(26(29)28(23)15-17)25-13-18-4-2-3-5-24(18)33-25/h2-11,13,17,19H,12,14-16H2,1H3/t17-,19+/m0/s1. The number of sulfonamides is 1. The predicted octanol–water partition coefficient (Wildman–Crippen LogP) is 4.55. The van der Waals surface area contributed by atoms with Crippen LogP contribution in [0, 0.1) is 5.92 Å². The molecule has 2 bridgehead atoms. The molecule has 174 valence electrons. The average Bonchev–Trinajstić information content (AvgIpc) is 3.28. The minimum atomic E-state index is -3.62. The van der Waals surface area contributed by atoms with E-state index >= 15 is 0 Å². The number of aromatic nitrogens is 1. The van der Waals surface area contributed by atoms with Crippen LogP contribution in [0.1, 0.15) is 18.0 Å². The minimum Gasteiger partial charge on any atom is -0.497 e. The maximum Gasteiger partial charge on any atom is 0.259 e. The molecule has 34 heavy (non-hydrogen) atoms. The van der Waals surface area contributed by atoms with Crippen LogP contribution in [0.4, 0.5) is 0 Å². The van der Waals surface area contributed by atoms with Crippen molar-refractivity contribution in [2.45, 2.75) is 23.8 Å². The Morgan fingerprint density at radius 3 is 2.53 bits per heavy atom. The zero-order valence-corrected chi connectivity index (χ0v) is 20.3. The summed E-state index contributed by atoms with van der Waals surface area (Å²) in [7, 11) is -2.06. The molecule has 2 aliphatic rings. The molecule has 2 aromatic carbocycles. The summed E-state index contributed by atoms with van der Waals surface area (Å²) in [4.78, 5) is 14.8. The van der Waals surface area contributed by atoms with Gasteiger partial charge in [0.1, 0.15) is 5.75 Å². The number of pyridine rings is 1.